The molecule has 0 fully saturated rings. The third-order valence-electron chi connectivity index (χ3n) is 4.48. The van der Waals surface area contributed by atoms with E-state index in [0.29, 0.717) is 28.2 Å². The molecule has 0 spiro atoms. The molecule has 7 heteroatoms. The number of carbonyl (C=O) groups is 2. The van der Waals surface area contributed by atoms with Crippen molar-refractivity contribution in [3.63, 3.8) is 0 Å². The van der Waals surface area contributed by atoms with E-state index < -0.39 is 5.91 Å². The molecule has 2 amide bonds. The van der Waals surface area contributed by atoms with Crippen molar-refractivity contribution in [2.45, 2.75) is 20.8 Å². The molecule has 2 heterocycles. The molecule has 0 aliphatic heterocycles. The summed E-state index contributed by atoms with van der Waals surface area (Å²) in [6.45, 7) is 5.70. The van der Waals surface area contributed by atoms with E-state index in [-0.39, 0.29) is 5.91 Å². The Bertz CT molecular complexity index is 994. The van der Waals surface area contributed by atoms with Crippen LogP contribution < -0.4 is 11.1 Å². The zero-order valence-electron chi connectivity index (χ0n) is 15.2. The Morgan fingerprint density at radius 3 is 2.31 bits per heavy atom. The fourth-order valence-electron chi connectivity index (χ4n) is 3.09. The third kappa shape index (κ3) is 2.88. The van der Waals surface area contributed by atoms with Crippen molar-refractivity contribution in [1.29, 1.82) is 0 Å². The number of rotatable bonds is 4. The van der Waals surface area contributed by atoms with Gasteiger partial charge in [-0.15, -0.1) is 0 Å². The number of amides is 2. The fourth-order valence-corrected chi connectivity index (χ4v) is 3.09. The van der Waals surface area contributed by atoms with Crippen molar-refractivity contribution < 1.29 is 9.59 Å². The number of aromatic nitrogens is 3. The minimum atomic E-state index is -0.528. The molecule has 0 saturated carbocycles. The van der Waals surface area contributed by atoms with Gasteiger partial charge in [-0.05, 0) is 50.6 Å². The summed E-state index contributed by atoms with van der Waals surface area (Å²) in [5, 5.41) is 7.11. The Labute approximate surface area is 151 Å². The highest BCUT2D eigenvalue weighted by molar-refractivity contribution is 6.07. The molecule has 0 bridgehead atoms. The van der Waals surface area contributed by atoms with E-state index in [0.717, 1.165) is 11.4 Å². The quantitative estimate of drug-likeness (QED) is 0.756. The molecule has 1 aromatic carbocycles. The summed E-state index contributed by atoms with van der Waals surface area (Å²) < 4.78 is 3.65. The predicted molar refractivity (Wildman–Crippen MR) is 99.7 cm³/mol. The highest BCUT2D eigenvalue weighted by Gasteiger charge is 2.21. The number of aryl methyl sites for hydroxylation is 3. The first-order valence-corrected chi connectivity index (χ1v) is 8.19. The lowest BCUT2D eigenvalue weighted by Crippen LogP contribution is -2.18. The standard InChI is InChI=1S/C19H21N5O2/c1-11-8-9-12(2)24(11)19-15(10-21-23(19)4)18(26)22-16-7-5-6-14(13(16)3)17(20)25/h5-10H,1-4H3,(H2,20,25)(H,22,26). The Balaban J connectivity index is 2.01. The van der Waals surface area contributed by atoms with Gasteiger partial charge in [0.2, 0.25) is 5.91 Å². The zero-order valence-corrected chi connectivity index (χ0v) is 15.2. The molecule has 3 rings (SSSR count). The van der Waals surface area contributed by atoms with Gasteiger partial charge >= 0.3 is 0 Å². The minimum Gasteiger partial charge on any atom is -0.366 e. The second kappa shape index (κ2) is 6.51. The molecule has 3 aromatic rings. The number of primary amides is 1. The molecule has 2 aromatic heterocycles. The van der Waals surface area contributed by atoms with Crippen LogP contribution in [0.4, 0.5) is 5.69 Å². The molecule has 0 aliphatic carbocycles. The van der Waals surface area contributed by atoms with Gasteiger partial charge in [0.1, 0.15) is 11.4 Å². The number of hydrogen-bond donors (Lipinski definition) is 2. The third-order valence-corrected chi connectivity index (χ3v) is 4.48. The van der Waals surface area contributed by atoms with Gasteiger partial charge in [-0.25, -0.2) is 0 Å². The first-order chi connectivity index (χ1) is 12.3. The lowest BCUT2D eigenvalue weighted by atomic mass is 10.1. The first-order valence-electron chi connectivity index (χ1n) is 8.19. The monoisotopic (exact) mass is 351 g/mol. The van der Waals surface area contributed by atoms with Crippen LogP contribution in [0.2, 0.25) is 0 Å². The molecule has 7 nitrogen and oxygen atoms in total. The summed E-state index contributed by atoms with van der Waals surface area (Å²) in [7, 11) is 1.80. The van der Waals surface area contributed by atoms with Crippen molar-refractivity contribution in [3.8, 4) is 5.82 Å². The van der Waals surface area contributed by atoms with Gasteiger partial charge in [-0.1, -0.05) is 6.07 Å². The molecule has 0 aliphatic rings. The largest absolute Gasteiger partial charge is 0.366 e. The summed E-state index contributed by atoms with van der Waals surface area (Å²) in [6, 6.07) is 9.04. The molecule has 0 saturated heterocycles. The highest BCUT2D eigenvalue weighted by atomic mass is 16.2. The topological polar surface area (TPSA) is 94.9 Å². The summed E-state index contributed by atoms with van der Waals surface area (Å²) in [6.07, 6.45) is 1.54. The van der Waals surface area contributed by atoms with Crippen LogP contribution in [0.1, 0.15) is 37.7 Å². The van der Waals surface area contributed by atoms with Crippen LogP contribution in [0.3, 0.4) is 0 Å². The molecule has 3 N–H and O–H groups in total. The molecular weight excluding hydrogens is 330 g/mol. The summed E-state index contributed by atoms with van der Waals surface area (Å²) in [5.41, 5.74) is 9.39. The van der Waals surface area contributed by atoms with Crippen LogP contribution in [0.25, 0.3) is 5.82 Å². The maximum Gasteiger partial charge on any atom is 0.261 e. The molecule has 0 radical (unpaired) electrons. The Hall–Kier alpha value is -3.35. The van der Waals surface area contributed by atoms with E-state index in [1.807, 2.05) is 30.5 Å². The number of carbonyl (C=O) groups excluding carboxylic acids is 2. The first kappa shape index (κ1) is 17.5. The molecule has 134 valence electrons. The Kier molecular flexibility index (Phi) is 4.38. The van der Waals surface area contributed by atoms with Gasteiger partial charge in [-0.3, -0.25) is 14.3 Å². The predicted octanol–water partition coefficient (Wildman–Crippen LogP) is 2.49. The van der Waals surface area contributed by atoms with Gasteiger partial charge in [-0.2, -0.15) is 5.10 Å². The maximum atomic E-state index is 12.9. The number of hydrogen-bond acceptors (Lipinski definition) is 3. The lowest BCUT2D eigenvalue weighted by molar-refractivity contribution is 0.0995. The van der Waals surface area contributed by atoms with Crippen LogP contribution in [0.5, 0.6) is 0 Å². The highest BCUT2D eigenvalue weighted by Crippen LogP contribution is 2.23. The second-order valence-electron chi connectivity index (χ2n) is 6.25. The van der Waals surface area contributed by atoms with Crippen LogP contribution in [0.15, 0.2) is 36.5 Å². The normalized spacial score (nSPS) is 10.8. The fraction of sp³-hybridized carbons (Fsp3) is 0.211. The van der Waals surface area contributed by atoms with Crippen LogP contribution >= 0.6 is 0 Å². The average molecular weight is 351 g/mol. The zero-order chi connectivity index (χ0) is 19.0. The molecule has 0 unspecified atom stereocenters. The number of anilines is 1. The van der Waals surface area contributed by atoms with Gasteiger partial charge in [0, 0.05) is 29.7 Å². The number of benzene rings is 1. The van der Waals surface area contributed by atoms with Gasteiger partial charge < -0.3 is 15.6 Å². The maximum absolute atomic E-state index is 12.9. The van der Waals surface area contributed by atoms with Crippen molar-refractivity contribution in [3.05, 3.63) is 64.6 Å². The summed E-state index contributed by atoms with van der Waals surface area (Å²) in [5.74, 6) is -0.143. The van der Waals surface area contributed by atoms with E-state index in [9.17, 15) is 9.59 Å². The van der Waals surface area contributed by atoms with Crippen LogP contribution in [0, 0.1) is 20.8 Å². The van der Waals surface area contributed by atoms with Crippen molar-refractivity contribution in [1.82, 2.24) is 14.3 Å². The van der Waals surface area contributed by atoms with Crippen molar-refractivity contribution >= 4 is 17.5 Å². The van der Waals surface area contributed by atoms with Crippen LogP contribution in [-0.4, -0.2) is 26.2 Å². The number of nitrogens with zero attached hydrogens (tertiary/aromatic N) is 3. The van der Waals surface area contributed by atoms with Crippen molar-refractivity contribution in [2.75, 3.05) is 5.32 Å². The second-order valence-corrected chi connectivity index (χ2v) is 6.25. The van der Waals surface area contributed by atoms with Gasteiger partial charge in [0.15, 0.2) is 0 Å². The summed E-state index contributed by atoms with van der Waals surface area (Å²) >= 11 is 0. The Morgan fingerprint density at radius 2 is 1.69 bits per heavy atom. The molecule has 0 atom stereocenters. The van der Waals surface area contributed by atoms with E-state index in [4.69, 9.17) is 5.73 Å². The number of nitrogens with two attached hydrogens (primary N) is 1. The van der Waals surface area contributed by atoms with E-state index in [2.05, 4.69) is 10.4 Å². The Morgan fingerprint density at radius 1 is 1.04 bits per heavy atom. The molecular formula is C19H21N5O2. The minimum absolute atomic E-state index is 0.301. The van der Waals surface area contributed by atoms with E-state index >= 15 is 0 Å². The smallest absolute Gasteiger partial charge is 0.261 e. The van der Waals surface area contributed by atoms with E-state index in [1.54, 1.807) is 36.9 Å². The number of nitrogens with one attached hydrogen (secondary N) is 1. The molecule has 26 heavy (non-hydrogen) atoms. The van der Waals surface area contributed by atoms with Gasteiger partial charge in [0.25, 0.3) is 5.91 Å². The average Bonchev–Trinajstić information content (AvgIpc) is 3.11. The SMILES string of the molecule is Cc1c(NC(=O)c2cnn(C)c2-n2c(C)ccc2C)cccc1C(N)=O. The lowest BCUT2D eigenvalue weighted by Gasteiger charge is -2.14. The summed E-state index contributed by atoms with van der Waals surface area (Å²) in [4.78, 5) is 24.4. The van der Waals surface area contributed by atoms with Gasteiger partial charge in [0.05, 0.1) is 6.20 Å². The van der Waals surface area contributed by atoms with E-state index in [1.165, 1.54) is 6.20 Å². The van der Waals surface area contributed by atoms with Crippen molar-refractivity contribution in [2.24, 2.45) is 12.8 Å². The van der Waals surface area contributed by atoms with Crippen LogP contribution in [-0.2, 0) is 7.05 Å².